The fourth-order valence-electron chi connectivity index (χ4n) is 2.95. The van der Waals surface area contributed by atoms with Crippen molar-refractivity contribution in [2.45, 2.75) is 17.6 Å². The quantitative estimate of drug-likeness (QED) is 0.793. The van der Waals surface area contributed by atoms with E-state index in [1.807, 2.05) is 0 Å². The molecule has 156 valence electrons. The van der Waals surface area contributed by atoms with E-state index < -0.39 is 32.6 Å². The van der Waals surface area contributed by atoms with Crippen LogP contribution in [0.15, 0.2) is 53.4 Å². The van der Waals surface area contributed by atoms with Gasteiger partial charge in [-0.2, -0.15) is 13.2 Å². The number of nitrogens with zero attached hydrogens (tertiary/aromatic N) is 1. The van der Waals surface area contributed by atoms with Crippen LogP contribution in [0.5, 0.6) is 0 Å². The normalized spacial score (nSPS) is 15.8. The van der Waals surface area contributed by atoms with Crippen LogP contribution < -0.4 is 4.72 Å². The predicted octanol–water partition coefficient (Wildman–Crippen LogP) is 2.66. The number of carbonyl (C=O) groups excluding carboxylic acids is 1. The highest BCUT2D eigenvalue weighted by Gasteiger charge is 2.37. The smallest absolute Gasteiger partial charge is 0.379 e. The van der Waals surface area contributed by atoms with Gasteiger partial charge in [0, 0.05) is 25.2 Å². The number of halogens is 3. The van der Waals surface area contributed by atoms with Gasteiger partial charge in [0.05, 0.1) is 23.7 Å². The summed E-state index contributed by atoms with van der Waals surface area (Å²) in [5.74, 6) is -1.00. The third kappa shape index (κ3) is 5.34. The van der Waals surface area contributed by atoms with Crippen molar-refractivity contribution in [1.82, 2.24) is 9.62 Å². The van der Waals surface area contributed by atoms with Gasteiger partial charge < -0.3 is 4.74 Å². The molecule has 1 amide bonds. The number of sulfonamides is 1. The van der Waals surface area contributed by atoms with Crippen molar-refractivity contribution in [1.29, 1.82) is 0 Å². The molecular formula is C19H19F3N2O4S. The van der Waals surface area contributed by atoms with Gasteiger partial charge in [-0.15, -0.1) is 0 Å². The molecule has 2 aromatic carbocycles. The lowest BCUT2D eigenvalue weighted by atomic mass is 10.1. The lowest BCUT2D eigenvalue weighted by Crippen LogP contribution is -2.35. The Morgan fingerprint density at radius 1 is 1.03 bits per heavy atom. The predicted molar refractivity (Wildman–Crippen MR) is 98.6 cm³/mol. The van der Waals surface area contributed by atoms with Gasteiger partial charge in [0.2, 0.25) is 0 Å². The highest BCUT2D eigenvalue weighted by Crippen LogP contribution is 2.33. The van der Waals surface area contributed by atoms with Gasteiger partial charge in [-0.25, -0.2) is 13.1 Å². The SMILES string of the molecule is O=C(NS(=O)(=O)c1ccccc1C(F)(F)F)c1ccc(CN2CCOCC2)cc1. The summed E-state index contributed by atoms with van der Waals surface area (Å²) in [7, 11) is -4.70. The van der Waals surface area contributed by atoms with Crippen molar-refractivity contribution in [3.63, 3.8) is 0 Å². The summed E-state index contributed by atoms with van der Waals surface area (Å²) >= 11 is 0. The Balaban J connectivity index is 1.73. The maximum absolute atomic E-state index is 13.1. The number of nitrogens with one attached hydrogen (secondary N) is 1. The zero-order valence-electron chi connectivity index (χ0n) is 15.3. The van der Waals surface area contributed by atoms with E-state index in [9.17, 15) is 26.4 Å². The third-order valence-corrected chi connectivity index (χ3v) is 5.82. The molecule has 1 fully saturated rings. The van der Waals surface area contributed by atoms with Gasteiger partial charge in [-0.1, -0.05) is 24.3 Å². The van der Waals surface area contributed by atoms with Crippen molar-refractivity contribution in [3.05, 3.63) is 65.2 Å². The molecule has 1 saturated heterocycles. The number of rotatable bonds is 5. The standard InChI is InChI=1S/C19H19F3N2O4S/c20-19(21,22)16-3-1-2-4-17(16)29(26,27)23-18(25)15-7-5-14(6-8-15)13-24-9-11-28-12-10-24/h1-8H,9-13H2,(H,23,25). The van der Waals surface area contributed by atoms with E-state index in [-0.39, 0.29) is 5.56 Å². The molecule has 3 rings (SSSR count). The second-order valence-corrected chi connectivity index (χ2v) is 8.16. The first-order valence-electron chi connectivity index (χ1n) is 8.79. The van der Waals surface area contributed by atoms with Crippen LogP contribution in [0.4, 0.5) is 13.2 Å². The van der Waals surface area contributed by atoms with E-state index in [2.05, 4.69) is 4.90 Å². The number of alkyl halides is 3. The van der Waals surface area contributed by atoms with E-state index in [1.165, 1.54) is 12.1 Å². The van der Waals surface area contributed by atoms with Crippen LogP contribution in [0, 0.1) is 0 Å². The number of amides is 1. The number of benzene rings is 2. The topological polar surface area (TPSA) is 75.7 Å². The fraction of sp³-hybridized carbons (Fsp3) is 0.316. The van der Waals surface area contributed by atoms with Crippen LogP contribution in [0.2, 0.25) is 0 Å². The minimum atomic E-state index is -4.87. The van der Waals surface area contributed by atoms with Crippen molar-refractivity contribution in [3.8, 4) is 0 Å². The summed E-state index contributed by atoms with van der Waals surface area (Å²) in [6.45, 7) is 3.54. The van der Waals surface area contributed by atoms with E-state index in [4.69, 9.17) is 4.74 Å². The Morgan fingerprint density at radius 2 is 1.66 bits per heavy atom. The lowest BCUT2D eigenvalue weighted by molar-refractivity contribution is -0.139. The maximum Gasteiger partial charge on any atom is 0.417 e. The molecule has 0 saturated carbocycles. The molecule has 0 aromatic heterocycles. The van der Waals surface area contributed by atoms with Crippen LogP contribution in [0.3, 0.4) is 0 Å². The third-order valence-electron chi connectivity index (χ3n) is 4.44. The molecule has 1 aliphatic rings. The molecule has 29 heavy (non-hydrogen) atoms. The molecule has 1 heterocycles. The number of carbonyl (C=O) groups is 1. The Bertz CT molecular complexity index is 970. The first kappa shape index (κ1) is 21.3. The maximum atomic E-state index is 13.1. The number of hydrogen-bond donors (Lipinski definition) is 1. The first-order valence-corrected chi connectivity index (χ1v) is 10.3. The second-order valence-electron chi connectivity index (χ2n) is 6.51. The molecular weight excluding hydrogens is 409 g/mol. The largest absolute Gasteiger partial charge is 0.417 e. The monoisotopic (exact) mass is 428 g/mol. The average molecular weight is 428 g/mol. The van der Waals surface area contributed by atoms with Crippen molar-refractivity contribution >= 4 is 15.9 Å². The molecule has 2 aromatic rings. The average Bonchev–Trinajstić information content (AvgIpc) is 2.68. The zero-order chi connectivity index (χ0) is 21.1. The van der Waals surface area contributed by atoms with Gasteiger partial charge in [-0.3, -0.25) is 9.69 Å². The lowest BCUT2D eigenvalue weighted by Gasteiger charge is -2.26. The van der Waals surface area contributed by atoms with Crippen molar-refractivity contribution < 1.29 is 31.1 Å². The van der Waals surface area contributed by atoms with Gasteiger partial charge in [0.15, 0.2) is 0 Å². The number of morpholine rings is 1. The molecule has 0 atom stereocenters. The highest BCUT2D eigenvalue weighted by molar-refractivity contribution is 7.90. The first-order chi connectivity index (χ1) is 13.7. The van der Waals surface area contributed by atoms with E-state index in [0.717, 1.165) is 36.9 Å². The summed E-state index contributed by atoms with van der Waals surface area (Å²) in [4.78, 5) is 13.5. The summed E-state index contributed by atoms with van der Waals surface area (Å²) in [6, 6.07) is 9.95. The van der Waals surface area contributed by atoms with Gasteiger partial charge in [0.25, 0.3) is 15.9 Å². The van der Waals surface area contributed by atoms with Crippen LogP contribution in [0.1, 0.15) is 21.5 Å². The van der Waals surface area contributed by atoms with Crippen LogP contribution in [-0.4, -0.2) is 45.5 Å². The Hall–Kier alpha value is -2.43. The molecule has 10 heteroatoms. The summed E-state index contributed by atoms with van der Waals surface area (Å²) < 4.78 is 71.0. The molecule has 1 N–H and O–H groups in total. The Morgan fingerprint density at radius 3 is 2.28 bits per heavy atom. The Kier molecular flexibility index (Phi) is 6.25. The zero-order valence-corrected chi connectivity index (χ0v) is 16.1. The molecule has 0 radical (unpaired) electrons. The summed E-state index contributed by atoms with van der Waals surface area (Å²) in [6.07, 6.45) is -4.87. The summed E-state index contributed by atoms with van der Waals surface area (Å²) in [5.41, 5.74) is -0.376. The van der Waals surface area contributed by atoms with Crippen LogP contribution in [0.25, 0.3) is 0 Å². The van der Waals surface area contributed by atoms with Gasteiger partial charge >= 0.3 is 6.18 Å². The van der Waals surface area contributed by atoms with Gasteiger partial charge in [-0.05, 0) is 29.8 Å². The molecule has 1 aliphatic heterocycles. The minimum absolute atomic E-state index is 0.0313. The van der Waals surface area contributed by atoms with Crippen molar-refractivity contribution in [2.75, 3.05) is 26.3 Å². The number of hydrogen-bond acceptors (Lipinski definition) is 5. The molecule has 0 spiro atoms. The minimum Gasteiger partial charge on any atom is -0.379 e. The molecule has 0 unspecified atom stereocenters. The molecule has 0 bridgehead atoms. The second kappa shape index (κ2) is 8.52. The number of ether oxygens (including phenoxy) is 1. The van der Waals surface area contributed by atoms with Crippen molar-refractivity contribution in [2.24, 2.45) is 0 Å². The molecule has 0 aliphatic carbocycles. The van der Waals surface area contributed by atoms with Crippen LogP contribution >= 0.6 is 0 Å². The molecule has 6 nitrogen and oxygen atoms in total. The van der Waals surface area contributed by atoms with E-state index in [0.29, 0.717) is 25.8 Å². The summed E-state index contributed by atoms with van der Waals surface area (Å²) in [5, 5.41) is 0. The van der Waals surface area contributed by atoms with E-state index in [1.54, 1.807) is 16.9 Å². The Labute approximate surface area is 166 Å². The van der Waals surface area contributed by atoms with Crippen LogP contribution in [-0.2, 0) is 27.5 Å². The van der Waals surface area contributed by atoms with E-state index >= 15 is 0 Å². The fourth-order valence-corrected chi connectivity index (χ4v) is 4.15. The van der Waals surface area contributed by atoms with Gasteiger partial charge in [0.1, 0.15) is 0 Å². The highest BCUT2D eigenvalue weighted by atomic mass is 32.2.